The molecule has 0 amide bonds. The summed E-state index contributed by atoms with van der Waals surface area (Å²) in [6, 6.07) is 0. The number of hydrogen-bond acceptors (Lipinski definition) is 3. The van der Waals surface area contributed by atoms with Gasteiger partial charge in [0.25, 0.3) is 0 Å². The maximum absolute atomic E-state index is 11.7. The smallest absolute Gasteiger partial charge is 0.434 e. The topological polar surface area (TPSA) is 35.5 Å². The lowest BCUT2D eigenvalue weighted by atomic mass is 10.0. The van der Waals surface area contributed by atoms with Gasteiger partial charge in [0, 0.05) is 0 Å². The number of carbonyl (C=O) groups excluding carboxylic acids is 1. The maximum atomic E-state index is 11.7. The molecule has 0 aliphatic carbocycles. The predicted molar refractivity (Wildman–Crippen MR) is 167 cm³/mol. The SMILES string of the molecule is CCCCC=CCCCCCCCCOC(=O)OCCCCCCCCCCCCCCCCCCCC. The van der Waals surface area contributed by atoms with Crippen LogP contribution in [0, 0.1) is 0 Å². The van der Waals surface area contributed by atoms with E-state index >= 15 is 0 Å². The highest BCUT2D eigenvalue weighted by Crippen LogP contribution is 2.14. The first-order valence-electron chi connectivity index (χ1n) is 17.3. The summed E-state index contributed by atoms with van der Waals surface area (Å²) in [5.41, 5.74) is 0. The van der Waals surface area contributed by atoms with E-state index in [9.17, 15) is 4.79 Å². The van der Waals surface area contributed by atoms with E-state index in [1.54, 1.807) is 0 Å². The minimum atomic E-state index is -0.480. The zero-order valence-corrected chi connectivity index (χ0v) is 26.1. The van der Waals surface area contributed by atoms with Gasteiger partial charge in [-0.25, -0.2) is 4.79 Å². The second-order valence-electron chi connectivity index (χ2n) is 11.5. The molecule has 0 radical (unpaired) electrons. The minimum absolute atomic E-state index is 0.480. The van der Waals surface area contributed by atoms with Crippen LogP contribution >= 0.6 is 0 Å². The molecule has 226 valence electrons. The molecule has 38 heavy (non-hydrogen) atoms. The first-order valence-corrected chi connectivity index (χ1v) is 17.3. The molecule has 0 N–H and O–H groups in total. The van der Waals surface area contributed by atoms with Gasteiger partial charge in [-0.3, -0.25) is 0 Å². The van der Waals surface area contributed by atoms with E-state index in [0.717, 1.165) is 25.7 Å². The largest absolute Gasteiger partial charge is 0.508 e. The molecule has 3 heteroatoms. The highest BCUT2D eigenvalue weighted by atomic mass is 16.7. The van der Waals surface area contributed by atoms with Gasteiger partial charge in [0.15, 0.2) is 0 Å². The van der Waals surface area contributed by atoms with Crippen molar-refractivity contribution in [3.05, 3.63) is 12.2 Å². The average Bonchev–Trinajstić information content (AvgIpc) is 2.92. The molecule has 0 aliphatic rings. The van der Waals surface area contributed by atoms with Gasteiger partial charge in [-0.05, 0) is 32.1 Å². The van der Waals surface area contributed by atoms with Crippen LogP contribution in [0.4, 0.5) is 4.79 Å². The van der Waals surface area contributed by atoms with Crippen LogP contribution in [0.1, 0.15) is 194 Å². The van der Waals surface area contributed by atoms with Gasteiger partial charge in [-0.2, -0.15) is 0 Å². The molecule has 0 aromatic rings. The van der Waals surface area contributed by atoms with Crippen molar-refractivity contribution in [2.24, 2.45) is 0 Å². The lowest BCUT2D eigenvalue weighted by Gasteiger charge is -2.06. The van der Waals surface area contributed by atoms with Crippen molar-refractivity contribution in [2.75, 3.05) is 13.2 Å². The number of carbonyl (C=O) groups is 1. The van der Waals surface area contributed by atoms with Crippen LogP contribution < -0.4 is 0 Å². The molecule has 0 unspecified atom stereocenters. The second kappa shape index (κ2) is 34.0. The van der Waals surface area contributed by atoms with Gasteiger partial charge in [0.2, 0.25) is 0 Å². The van der Waals surface area contributed by atoms with Crippen LogP contribution in [0.2, 0.25) is 0 Å². The van der Waals surface area contributed by atoms with Crippen LogP contribution in [-0.2, 0) is 9.47 Å². The van der Waals surface area contributed by atoms with Crippen molar-refractivity contribution < 1.29 is 14.3 Å². The van der Waals surface area contributed by atoms with Gasteiger partial charge >= 0.3 is 6.16 Å². The fourth-order valence-electron chi connectivity index (χ4n) is 4.99. The highest BCUT2D eigenvalue weighted by molar-refractivity contribution is 5.59. The van der Waals surface area contributed by atoms with Crippen molar-refractivity contribution in [1.82, 2.24) is 0 Å². The standard InChI is InChI=1S/C35H68O3/c1-3-5-7-9-11-13-15-17-18-19-20-21-22-24-26-28-30-32-34-38-35(36)37-33-31-29-27-25-23-16-14-12-10-8-6-4-2/h10,12H,3-9,11,13-34H2,1-2H3. The van der Waals surface area contributed by atoms with Gasteiger partial charge in [-0.1, -0.05) is 174 Å². The van der Waals surface area contributed by atoms with Crippen LogP contribution in [0.3, 0.4) is 0 Å². The molecular weight excluding hydrogens is 468 g/mol. The van der Waals surface area contributed by atoms with Crippen molar-refractivity contribution >= 4 is 6.16 Å². The Hall–Kier alpha value is -0.990. The van der Waals surface area contributed by atoms with Crippen LogP contribution in [0.5, 0.6) is 0 Å². The summed E-state index contributed by atoms with van der Waals surface area (Å²) in [7, 11) is 0. The van der Waals surface area contributed by atoms with Crippen molar-refractivity contribution in [3.8, 4) is 0 Å². The Balaban J connectivity index is 3.16. The zero-order valence-electron chi connectivity index (χ0n) is 26.1. The third kappa shape index (κ3) is 33.0. The van der Waals surface area contributed by atoms with Crippen LogP contribution in [-0.4, -0.2) is 19.4 Å². The van der Waals surface area contributed by atoms with E-state index in [1.807, 2.05) is 0 Å². The Labute approximate surface area is 239 Å². The lowest BCUT2D eigenvalue weighted by Crippen LogP contribution is -2.09. The van der Waals surface area contributed by atoms with Gasteiger partial charge in [0.05, 0.1) is 13.2 Å². The molecule has 3 nitrogen and oxygen atoms in total. The summed E-state index contributed by atoms with van der Waals surface area (Å²) < 4.78 is 10.4. The van der Waals surface area contributed by atoms with Crippen molar-refractivity contribution in [1.29, 1.82) is 0 Å². The number of hydrogen-bond donors (Lipinski definition) is 0. The predicted octanol–water partition coefficient (Wildman–Crippen LogP) is 12.7. The molecule has 0 saturated heterocycles. The second-order valence-corrected chi connectivity index (χ2v) is 11.5. The van der Waals surface area contributed by atoms with Gasteiger partial charge < -0.3 is 9.47 Å². The molecule has 0 atom stereocenters. The molecule has 0 aliphatic heterocycles. The Bertz CT molecular complexity index is 474. The summed E-state index contributed by atoms with van der Waals surface area (Å²) in [5, 5.41) is 0. The van der Waals surface area contributed by atoms with Crippen molar-refractivity contribution in [2.45, 2.75) is 194 Å². The molecule has 0 rings (SSSR count). The Morgan fingerprint density at radius 2 is 0.684 bits per heavy atom. The molecule has 0 spiro atoms. The van der Waals surface area contributed by atoms with Gasteiger partial charge in [0.1, 0.15) is 0 Å². The van der Waals surface area contributed by atoms with E-state index in [0.29, 0.717) is 13.2 Å². The van der Waals surface area contributed by atoms with Crippen LogP contribution in [0.25, 0.3) is 0 Å². The van der Waals surface area contributed by atoms with E-state index < -0.39 is 6.16 Å². The van der Waals surface area contributed by atoms with Gasteiger partial charge in [-0.15, -0.1) is 0 Å². The van der Waals surface area contributed by atoms with Crippen molar-refractivity contribution in [3.63, 3.8) is 0 Å². The summed E-state index contributed by atoms with van der Waals surface area (Å²) >= 11 is 0. The summed E-state index contributed by atoms with van der Waals surface area (Å²) in [6.07, 6.45) is 41.0. The highest BCUT2D eigenvalue weighted by Gasteiger charge is 2.03. The normalized spacial score (nSPS) is 11.4. The fraction of sp³-hybridized carbons (Fsp3) is 0.914. The molecule has 0 aromatic heterocycles. The molecular formula is C35H68O3. The van der Waals surface area contributed by atoms with E-state index in [4.69, 9.17) is 9.47 Å². The first-order chi connectivity index (χ1) is 18.8. The molecule has 0 aromatic carbocycles. The molecule has 0 saturated carbocycles. The lowest BCUT2D eigenvalue weighted by molar-refractivity contribution is 0.0529. The number of ether oxygens (including phenoxy) is 2. The van der Waals surface area contributed by atoms with E-state index in [-0.39, 0.29) is 0 Å². The average molecular weight is 537 g/mol. The first kappa shape index (κ1) is 37.0. The number of unbranched alkanes of at least 4 members (excludes halogenated alkanes) is 25. The fourth-order valence-corrected chi connectivity index (χ4v) is 4.99. The van der Waals surface area contributed by atoms with E-state index in [1.165, 1.54) is 154 Å². The summed E-state index contributed by atoms with van der Waals surface area (Å²) in [5.74, 6) is 0. The molecule has 0 bridgehead atoms. The number of allylic oxidation sites excluding steroid dienone is 2. The Morgan fingerprint density at radius 1 is 0.395 bits per heavy atom. The number of rotatable bonds is 31. The quantitative estimate of drug-likeness (QED) is 0.0502. The maximum Gasteiger partial charge on any atom is 0.508 e. The summed E-state index contributed by atoms with van der Waals surface area (Å²) in [6.45, 7) is 5.53. The van der Waals surface area contributed by atoms with Crippen LogP contribution in [0.15, 0.2) is 12.2 Å². The van der Waals surface area contributed by atoms with E-state index in [2.05, 4.69) is 26.0 Å². The Morgan fingerprint density at radius 3 is 1.05 bits per heavy atom. The monoisotopic (exact) mass is 537 g/mol. The third-order valence-electron chi connectivity index (χ3n) is 7.59. The third-order valence-corrected chi connectivity index (χ3v) is 7.59. The molecule has 0 fully saturated rings. The minimum Gasteiger partial charge on any atom is -0.434 e. The summed E-state index contributed by atoms with van der Waals surface area (Å²) in [4.78, 5) is 11.7. The Kier molecular flexibility index (Phi) is 33.2. The zero-order chi connectivity index (χ0) is 27.6. The molecule has 0 heterocycles.